The first-order valence-corrected chi connectivity index (χ1v) is 15.8. The van der Waals surface area contributed by atoms with Crippen molar-refractivity contribution in [2.75, 3.05) is 31.0 Å². The lowest BCUT2D eigenvalue weighted by molar-refractivity contribution is 0.0761. The van der Waals surface area contributed by atoms with Crippen molar-refractivity contribution >= 4 is 33.2 Å². The Kier molecular flexibility index (Phi) is 8.45. The zero-order chi connectivity index (χ0) is 31.6. The number of carbonyl (C=O) groups is 1. The van der Waals surface area contributed by atoms with Crippen LogP contribution in [0.5, 0.6) is 0 Å². The van der Waals surface area contributed by atoms with Gasteiger partial charge in [-0.05, 0) is 32.8 Å². The molecular formula is C30H34N10O3S. The second kappa shape index (κ2) is 12.2. The molecule has 14 heteroatoms. The summed E-state index contributed by atoms with van der Waals surface area (Å²) in [5.41, 5.74) is 10.3. The Morgan fingerprint density at radius 2 is 1.84 bits per heavy atom. The van der Waals surface area contributed by atoms with E-state index >= 15 is 0 Å². The molecule has 13 nitrogen and oxygen atoms in total. The van der Waals surface area contributed by atoms with E-state index in [1.165, 1.54) is 9.42 Å². The van der Waals surface area contributed by atoms with E-state index in [2.05, 4.69) is 25.3 Å². The highest BCUT2D eigenvalue weighted by molar-refractivity contribution is 7.91. The summed E-state index contributed by atoms with van der Waals surface area (Å²) in [7, 11) is -0.216. The number of nitrogens with one attached hydrogen (secondary N) is 1. The fourth-order valence-corrected chi connectivity index (χ4v) is 5.93. The molecule has 3 N–H and O–H groups in total. The molecule has 0 unspecified atom stereocenters. The molecule has 228 valence electrons. The number of nitrogens with two attached hydrogens (primary N) is 1. The number of nitrogen functional groups attached to an aromatic ring is 1. The molecule has 0 aliphatic rings. The molecule has 1 aromatic carbocycles. The van der Waals surface area contributed by atoms with E-state index in [0.717, 1.165) is 23.1 Å². The molecule has 0 spiro atoms. The normalized spacial score (nSPS) is 12.6. The molecule has 4 heterocycles. The number of aryl methyl sites for hydroxylation is 1. The van der Waals surface area contributed by atoms with E-state index in [1.807, 2.05) is 49.4 Å². The van der Waals surface area contributed by atoms with Crippen molar-refractivity contribution in [3.05, 3.63) is 78.7 Å². The van der Waals surface area contributed by atoms with Gasteiger partial charge in [0.2, 0.25) is 11.8 Å². The Bertz CT molecular complexity index is 1930. The summed E-state index contributed by atoms with van der Waals surface area (Å²) in [4.78, 5) is 30.1. The van der Waals surface area contributed by atoms with E-state index in [-0.39, 0.29) is 34.9 Å². The maximum Gasteiger partial charge on any atom is 0.295 e. The van der Waals surface area contributed by atoms with Crippen LogP contribution in [0.25, 0.3) is 28.0 Å². The fourth-order valence-electron chi connectivity index (χ4n) is 4.89. The number of rotatable bonds is 10. The van der Waals surface area contributed by atoms with Gasteiger partial charge in [-0.3, -0.25) is 14.9 Å². The van der Waals surface area contributed by atoms with E-state index in [9.17, 15) is 13.2 Å². The maximum absolute atomic E-state index is 13.3. The number of aromatic amines is 1. The Morgan fingerprint density at radius 3 is 2.45 bits per heavy atom. The number of pyridine rings is 1. The number of carbonyl (C=O) groups excluding carboxylic acids is 1. The van der Waals surface area contributed by atoms with Crippen LogP contribution in [0.2, 0.25) is 0 Å². The summed E-state index contributed by atoms with van der Waals surface area (Å²) in [5.74, 6) is 0.0790. The zero-order valence-electron chi connectivity index (χ0n) is 25.1. The summed E-state index contributed by atoms with van der Waals surface area (Å²) >= 11 is 0. The molecule has 0 aliphatic heterocycles. The summed E-state index contributed by atoms with van der Waals surface area (Å²) in [6, 6.07) is 13.3. The minimum Gasteiger partial charge on any atom is -0.382 e. The maximum atomic E-state index is 13.3. The first-order valence-electron chi connectivity index (χ1n) is 13.9. The van der Waals surface area contributed by atoms with Gasteiger partial charge in [0, 0.05) is 55.5 Å². The van der Waals surface area contributed by atoms with Crippen molar-refractivity contribution in [1.82, 2.24) is 39.7 Å². The van der Waals surface area contributed by atoms with E-state index in [0.29, 0.717) is 29.3 Å². The number of allylic oxidation sites excluding steroid dienone is 1. The number of H-pyrrole nitrogens is 1. The lowest BCUT2D eigenvalue weighted by atomic mass is 10.1. The van der Waals surface area contributed by atoms with Gasteiger partial charge < -0.3 is 15.5 Å². The number of anilines is 2. The van der Waals surface area contributed by atoms with Gasteiger partial charge >= 0.3 is 0 Å². The molecular weight excluding hydrogens is 580 g/mol. The van der Waals surface area contributed by atoms with Crippen LogP contribution in [0.1, 0.15) is 36.6 Å². The van der Waals surface area contributed by atoms with Gasteiger partial charge in [-0.2, -0.15) is 14.6 Å². The average molecular weight is 615 g/mol. The average Bonchev–Trinajstić information content (AvgIpc) is 3.67. The first-order chi connectivity index (χ1) is 21.0. The number of sulfone groups is 1. The van der Waals surface area contributed by atoms with Crippen LogP contribution in [-0.4, -0.2) is 80.4 Å². The number of nitrogens with zero attached hydrogens (tertiary/aromatic N) is 8. The second-order valence-corrected chi connectivity index (χ2v) is 12.6. The molecule has 0 saturated carbocycles. The summed E-state index contributed by atoms with van der Waals surface area (Å²) < 4.78 is 27.2. The van der Waals surface area contributed by atoms with Crippen LogP contribution in [0.15, 0.2) is 72.0 Å². The third kappa shape index (κ3) is 6.01. The molecule has 4 aromatic heterocycles. The summed E-state index contributed by atoms with van der Waals surface area (Å²) in [6.07, 6.45) is 8.44. The Morgan fingerprint density at radius 1 is 1.09 bits per heavy atom. The van der Waals surface area contributed by atoms with Crippen molar-refractivity contribution < 1.29 is 13.2 Å². The van der Waals surface area contributed by atoms with E-state index < -0.39 is 9.84 Å². The minimum atomic E-state index is -3.77. The number of amides is 1. The molecule has 44 heavy (non-hydrogen) atoms. The number of hydrogen-bond donors (Lipinski definition) is 2. The molecule has 0 saturated heterocycles. The van der Waals surface area contributed by atoms with Gasteiger partial charge in [-0.15, -0.1) is 5.10 Å². The highest BCUT2D eigenvalue weighted by atomic mass is 32.2. The molecule has 5 rings (SSSR count). The second-order valence-electron chi connectivity index (χ2n) is 10.6. The molecule has 0 radical (unpaired) electrons. The third-order valence-electron chi connectivity index (χ3n) is 7.12. The molecule has 1 amide bonds. The minimum absolute atomic E-state index is 0.0282. The van der Waals surface area contributed by atoms with Crippen LogP contribution in [-0.2, 0) is 16.3 Å². The van der Waals surface area contributed by atoms with Crippen molar-refractivity contribution in [1.29, 1.82) is 0 Å². The molecule has 0 aliphatic carbocycles. The van der Waals surface area contributed by atoms with Crippen molar-refractivity contribution in [3.8, 4) is 22.4 Å². The standard InChI is InChI=1S/C30H34N10O3S/c1-6-16-39(29(41)27-35-30(37-36-27)38(3)4)19(2)12-14-24-25(44(5,42)43)26(31)40-28(34-24)22(18-33-40)21-13-15-23(32-17-21)20-10-8-7-9-11-20/h6-11,13,15-19H,12,14,31H2,1-5H3,(H,35,36,37)/b16-6-/t19-/m1/s1. The first kappa shape index (κ1) is 30.4. The SMILES string of the molecule is C/C=C\N(C(=O)c1nc(N(C)C)n[nH]1)[C@H](C)CCc1nc2c(-c3ccc(-c4ccccc4)nc3)cnn2c(N)c1S(C)(=O)=O. The lowest BCUT2D eigenvalue weighted by Gasteiger charge is -2.25. The number of hydrogen-bond acceptors (Lipinski definition) is 10. The number of aromatic nitrogens is 7. The molecule has 0 fully saturated rings. The molecule has 0 bridgehead atoms. The predicted molar refractivity (Wildman–Crippen MR) is 169 cm³/mol. The van der Waals surface area contributed by atoms with Crippen LogP contribution < -0.4 is 10.6 Å². The Hall–Kier alpha value is -5.11. The Balaban J connectivity index is 1.47. The van der Waals surface area contributed by atoms with Crippen molar-refractivity contribution in [2.45, 2.75) is 37.6 Å². The smallest absolute Gasteiger partial charge is 0.295 e. The zero-order valence-corrected chi connectivity index (χ0v) is 25.9. The molecule has 5 aromatic rings. The van der Waals surface area contributed by atoms with Crippen LogP contribution in [0.4, 0.5) is 11.8 Å². The van der Waals surface area contributed by atoms with Gasteiger partial charge in [0.1, 0.15) is 10.7 Å². The highest BCUT2D eigenvalue weighted by Gasteiger charge is 2.27. The predicted octanol–water partition coefficient (Wildman–Crippen LogP) is 3.63. The number of benzene rings is 1. The van der Waals surface area contributed by atoms with E-state index in [1.54, 1.807) is 50.6 Å². The monoisotopic (exact) mass is 614 g/mol. The van der Waals surface area contributed by atoms with Crippen molar-refractivity contribution in [2.24, 2.45) is 0 Å². The topological polar surface area (TPSA) is 168 Å². The third-order valence-corrected chi connectivity index (χ3v) is 8.30. The van der Waals surface area contributed by atoms with Crippen LogP contribution in [0, 0.1) is 0 Å². The van der Waals surface area contributed by atoms with Gasteiger partial charge in [0.15, 0.2) is 15.5 Å². The number of fused-ring (bicyclic) bond motifs is 1. The van der Waals surface area contributed by atoms with Crippen LogP contribution in [0.3, 0.4) is 0 Å². The van der Waals surface area contributed by atoms with Crippen molar-refractivity contribution in [3.63, 3.8) is 0 Å². The van der Waals surface area contributed by atoms with Gasteiger partial charge in [0.05, 0.1) is 17.6 Å². The van der Waals surface area contributed by atoms with Gasteiger partial charge in [0.25, 0.3) is 5.91 Å². The van der Waals surface area contributed by atoms with Gasteiger partial charge in [-0.1, -0.05) is 42.5 Å². The fraction of sp³-hybridized carbons (Fsp3) is 0.267. The quantitative estimate of drug-likeness (QED) is 0.237. The summed E-state index contributed by atoms with van der Waals surface area (Å²) in [5, 5.41) is 11.1. The Labute approximate surface area is 255 Å². The summed E-state index contributed by atoms with van der Waals surface area (Å²) in [6.45, 7) is 3.67. The van der Waals surface area contributed by atoms with Crippen LogP contribution >= 0.6 is 0 Å². The highest BCUT2D eigenvalue weighted by Crippen LogP contribution is 2.31. The lowest BCUT2D eigenvalue weighted by Crippen LogP contribution is -2.35. The largest absolute Gasteiger partial charge is 0.382 e. The van der Waals surface area contributed by atoms with E-state index in [4.69, 9.17) is 10.7 Å². The van der Waals surface area contributed by atoms with Gasteiger partial charge in [-0.25, -0.2) is 13.4 Å². The molecule has 1 atom stereocenters.